The first-order valence-corrected chi connectivity index (χ1v) is 5.78. The number of nitrogens with one attached hydrogen (secondary N) is 1. The molecule has 0 spiro atoms. The minimum Gasteiger partial charge on any atom is -0.462 e. The zero-order chi connectivity index (χ0) is 13.7. The summed E-state index contributed by atoms with van der Waals surface area (Å²) in [6, 6.07) is 6.28. The van der Waals surface area contributed by atoms with Gasteiger partial charge in [0.25, 0.3) is 0 Å². The highest BCUT2D eigenvalue weighted by Crippen LogP contribution is 2.16. The molecule has 2 rings (SSSR count). The minimum atomic E-state index is -0.468. The van der Waals surface area contributed by atoms with E-state index in [-0.39, 0.29) is 6.61 Å². The summed E-state index contributed by atoms with van der Waals surface area (Å²) in [7, 11) is 0. The van der Waals surface area contributed by atoms with Crippen LogP contribution in [0.1, 0.15) is 17.3 Å². The van der Waals surface area contributed by atoms with Crippen LogP contribution < -0.4 is 5.32 Å². The first-order valence-electron chi connectivity index (χ1n) is 5.78. The van der Waals surface area contributed by atoms with Gasteiger partial charge in [-0.1, -0.05) is 12.1 Å². The van der Waals surface area contributed by atoms with E-state index in [4.69, 9.17) is 4.74 Å². The molecule has 1 amide bonds. The molecule has 1 aromatic carbocycles. The fourth-order valence-electron chi connectivity index (χ4n) is 1.54. The first kappa shape index (κ1) is 12.8. The van der Waals surface area contributed by atoms with Crippen molar-refractivity contribution in [2.24, 2.45) is 0 Å². The molecule has 0 aliphatic heterocycles. The van der Waals surface area contributed by atoms with Crippen molar-refractivity contribution >= 4 is 17.7 Å². The van der Waals surface area contributed by atoms with E-state index in [9.17, 15) is 9.59 Å². The average Bonchev–Trinajstić information content (AvgIpc) is 2.93. The summed E-state index contributed by atoms with van der Waals surface area (Å²) in [5.41, 5.74) is 0.720. The summed E-state index contributed by atoms with van der Waals surface area (Å²) in [6.07, 6.45) is 4.39. The van der Waals surface area contributed by atoms with Crippen LogP contribution in [0.4, 0.5) is 10.5 Å². The number of nitrogens with zero attached hydrogens (tertiary/aromatic N) is 2. The van der Waals surface area contributed by atoms with Gasteiger partial charge >= 0.3 is 12.0 Å². The largest absolute Gasteiger partial charge is 0.462 e. The molecule has 6 nitrogen and oxygen atoms in total. The Morgan fingerprint density at radius 1 is 1.37 bits per heavy atom. The van der Waals surface area contributed by atoms with Crippen molar-refractivity contribution in [2.45, 2.75) is 6.92 Å². The second-order valence-corrected chi connectivity index (χ2v) is 3.67. The van der Waals surface area contributed by atoms with Crippen LogP contribution in [0.15, 0.2) is 43.0 Å². The Hall–Kier alpha value is -2.63. The van der Waals surface area contributed by atoms with Gasteiger partial charge in [0.15, 0.2) is 0 Å². The number of hydrogen-bond donors (Lipinski definition) is 1. The molecule has 0 saturated heterocycles. The smallest absolute Gasteiger partial charge is 0.340 e. The fraction of sp³-hybridized carbons (Fsp3) is 0.154. The van der Waals surface area contributed by atoms with Crippen LogP contribution in [0.25, 0.3) is 0 Å². The lowest BCUT2D eigenvalue weighted by atomic mass is 10.2. The van der Waals surface area contributed by atoms with Crippen LogP contribution in [0.3, 0.4) is 0 Å². The Kier molecular flexibility index (Phi) is 3.92. The number of para-hydroxylation sites is 1. The number of carbonyl (C=O) groups excluding carboxylic acids is 2. The number of carbonyl (C=O) groups is 2. The van der Waals surface area contributed by atoms with Crippen molar-refractivity contribution < 1.29 is 14.3 Å². The van der Waals surface area contributed by atoms with Gasteiger partial charge in [0.2, 0.25) is 0 Å². The highest BCUT2D eigenvalue weighted by atomic mass is 16.5. The molecule has 0 fully saturated rings. The summed E-state index contributed by atoms with van der Waals surface area (Å²) in [5.74, 6) is -0.468. The quantitative estimate of drug-likeness (QED) is 0.857. The lowest BCUT2D eigenvalue weighted by molar-refractivity contribution is 0.0527. The van der Waals surface area contributed by atoms with Gasteiger partial charge in [-0.05, 0) is 19.1 Å². The molecule has 0 radical (unpaired) electrons. The topological polar surface area (TPSA) is 73.2 Å². The summed E-state index contributed by atoms with van der Waals surface area (Å²) in [4.78, 5) is 27.4. The number of hydrogen-bond acceptors (Lipinski definition) is 4. The van der Waals surface area contributed by atoms with E-state index >= 15 is 0 Å². The third-order valence-corrected chi connectivity index (χ3v) is 2.40. The van der Waals surface area contributed by atoms with E-state index in [1.807, 2.05) is 0 Å². The van der Waals surface area contributed by atoms with Crippen LogP contribution in [-0.4, -0.2) is 28.2 Å². The number of rotatable bonds is 3. The average molecular weight is 259 g/mol. The Balaban J connectivity index is 2.21. The van der Waals surface area contributed by atoms with Crippen molar-refractivity contribution in [1.82, 2.24) is 9.55 Å². The molecule has 1 aromatic heterocycles. The van der Waals surface area contributed by atoms with Crippen LogP contribution in [0, 0.1) is 0 Å². The molecular formula is C13H13N3O3. The van der Waals surface area contributed by atoms with E-state index in [0.717, 1.165) is 0 Å². The Bertz CT molecular complexity index is 579. The van der Waals surface area contributed by atoms with Crippen molar-refractivity contribution in [1.29, 1.82) is 0 Å². The normalized spacial score (nSPS) is 9.95. The maximum absolute atomic E-state index is 11.9. The number of amides is 1. The van der Waals surface area contributed by atoms with Crippen LogP contribution in [0.2, 0.25) is 0 Å². The molecule has 0 aliphatic carbocycles. The summed E-state index contributed by atoms with van der Waals surface area (Å²) < 4.78 is 6.21. The highest BCUT2D eigenvalue weighted by molar-refractivity contribution is 6.01. The van der Waals surface area contributed by atoms with Gasteiger partial charge in [-0.2, -0.15) is 0 Å². The Morgan fingerprint density at radius 2 is 2.16 bits per heavy atom. The van der Waals surface area contributed by atoms with Crippen LogP contribution in [-0.2, 0) is 4.74 Å². The van der Waals surface area contributed by atoms with Crippen molar-refractivity contribution in [2.75, 3.05) is 11.9 Å². The Morgan fingerprint density at radius 3 is 2.84 bits per heavy atom. The van der Waals surface area contributed by atoms with E-state index in [0.29, 0.717) is 11.3 Å². The standard InChI is InChI=1S/C13H13N3O3/c1-2-19-12(17)10-5-3-4-6-11(10)15-13(18)16-8-7-14-9-16/h3-9H,2H2,1H3,(H,15,18). The molecule has 1 N–H and O–H groups in total. The first-order chi connectivity index (χ1) is 9.22. The van der Waals surface area contributed by atoms with E-state index < -0.39 is 12.0 Å². The number of esters is 1. The summed E-state index contributed by atoms with van der Waals surface area (Å²) in [6.45, 7) is 2.01. The minimum absolute atomic E-state index is 0.280. The summed E-state index contributed by atoms with van der Waals surface area (Å²) in [5, 5.41) is 2.64. The molecule has 0 bridgehead atoms. The molecule has 0 saturated carbocycles. The number of anilines is 1. The maximum Gasteiger partial charge on any atom is 0.340 e. The SMILES string of the molecule is CCOC(=O)c1ccccc1NC(=O)n1ccnc1. The van der Waals surface area contributed by atoms with Crippen LogP contribution in [0.5, 0.6) is 0 Å². The predicted molar refractivity (Wildman–Crippen MR) is 69.0 cm³/mol. The molecule has 0 unspecified atom stereocenters. The molecule has 98 valence electrons. The van der Waals surface area contributed by atoms with Crippen molar-refractivity contribution in [3.63, 3.8) is 0 Å². The zero-order valence-electron chi connectivity index (χ0n) is 10.4. The summed E-state index contributed by atoms with van der Waals surface area (Å²) >= 11 is 0. The Labute approximate surface area is 110 Å². The highest BCUT2D eigenvalue weighted by Gasteiger charge is 2.14. The monoisotopic (exact) mass is 259 g/mol. The molecular weight excluding hydrogens is 246 g/mol. The molecule has 6 heteroatoms. The number of ether oxygens (including phenoxy) is 1. The molecule has 2 aromatic rings. The van der Waals surface area contributed by atoms with Gasteiger partial charge in [-0.15, -0.1) is 0 Å². The molecule has 0 atom stereocenters. The number of imidazole rings is 1. The maximum atomic E-state index is 11.9. The van der Waals surface area contributed by atoms with Gasteiger partial charge in [0.1, 0.15) is 6.33 Å². The van der Waals surface area contributed by atoms with Gasteiger partial charge < -0.3 is 10.1 Å². The number of aromatic nitrogens is 2. The van der Waals surface area contributed by atoms with Gasteiger partial charge in [0, 0.05) is 12.4 Å². The molecule has 0 aliphatic rings. The van der Waals surface area contributed by atoms with Gasteiger partial charge in [-0.3, -0.25) is 4.57 Å². The number of benzene rings is 1. The van der Waals surface area contributed by atoms with Crippen LogP contribution >= 0.6 is 0 Å². The fourth-order valence-corrected chi connectivity index (χ4v) is 1.54. The van der Waals surface area contributed by atoms with Gasteiger partial charge in [0.05, 0.1) is 17.9 Å². The predicted octanol–water partition coefficient (Wildman–Crippen LogP) is 2.14. The van der Waals surface area contributed by atoms with Crippen molar-refractivity contribution in [3.8, 4) is 0 Å². The van der Waals surface area contributed by atoms with E-state index in [2.05, 4.69) is 10.3 Å². The zero-order valence-corrected chi connectivity index (χ0v) is 10.4. The lowest BCUT2D eigenvalue weighted by Gasteiger charge is -2.10. The van der Waals surface area contributed by atoms with Gasteiger partial charge in [-0.25, -0.2) is 14.6 Å². The van der Waals surface area contributed by atoms with E-state index in [1.165, 1.54) is 23.3 Å². The lowest BCUT2D eigenvalue weighted by Crippen LogP contribution is -2.20. The second-order valence-electron chi connectivity index (χ2n) is 3.67. The van der Waals surface area contributed by atoms with E-state index in [1.54, 1.807) is 31.2 Å². The second kappa shape index (κ2) is 5.81. The third kappa shape index (κ3) is 2.98. The van der Waals surface area contributed by atoms with Crippen molar-refractivity contribution in [3.05, 3.63) is 48.5 Å². The molecule has 19 heavy (non-hydrogen) atoms. The molecule has 1 heterocycles. The third-order valence-electron chi connectivity index (χ3n) is 2.40.